The molecule has 4 rings (SSSR count). The molecular weight excluding hydrogens is 433 g/mol. The lowest BCUT2D eigenvalue weighted by Crippen LogP contribution is -2.28. The Hall–Kier alpha value is -3.62. The number of carbonyl (C=O) groups is 2. The third kappa shape index (κ3) is 4.76. The molecule has 1 aliphatic heterocycles. The number of rotatable bonds is 5. The Morgan fingerprint density at radius 3 is 2.58 bits per heavy atom. The average molecular weight is 456 g/mol. The Bertz CT molecular complexity index is 1170. The number of amides is 2. The molecule has 1 aliphatic rings. The molecular formula is C24H23F3N4O2. The van der Waals surface area contributed by atoms with Gasteiger partial charge in [-0.05, 0) is 47.9 Å². The number of halogens is 3. The third-order valence-corrected chi connectivity index (χ3v) is 5.68. The highest BCUT2D eigenvalue weighted by Crippen LogP contribution is 2.37. The van der Waals surface area contributed by atoms with Crippen molar-refractivity contribution in [2.75, 3.05) is 16.8 Å². The van der Waals surface area contributed by atoms with Gasteiger partial charge in [-0.1, -0.05) is 26.0 Å². The Balaban J connectivity index is 1.54. The molecule has 2 amide bonds. The van der Waals surface area contributed by atoms with Gasteiger partial charge in [0, 0.05) is 31.0 Å². The quantitative estimate of drug-likeness (QED) is 0.587. The van der Waals surface area contributed by atoms with Gasteiger partial charge >= 0.3 is 6.18 Å². The van der Waals surface area contributed by atoms with E-state index in [4.69, 9.17) is 0 Å². The molecule has 1 fully saturated rings. The zero-order valence-corrected chi connectivity index (χ0v) is 18.1. The number of benzene rings is 2. The standard InChI is InChI=1S/C24H23F3N4O2/c1-15(2)16-5-3-6-18(11-16)30-14-17(12-22(30)32)23(33)29-21-8-7-19(31-10-4-9-28-31)13-20(21)24(25,26)27/h3-11,13,15,17H,12,14H2,1-2H3,(H,29,33). The van der Waals surface area contributed by atoms with E-state index in [1.54, 1.807) is 12.1 Å². The average Bonchev–Trinajstić information content (AvgIpc) is 3.43. The van der Waals surface area contributed by atoms with Crippen molar-refractivity contribution in [1.82, 2.24) is 9.78 Å². The van der Waals surface area contributed by atoms with Crippen LogP contribution in [-0.2, 0) is 15.8 Å². The van der Waals surface area contributed by atoms with Gasteiger partial charge < -0.3 is 10.2 Å². The van der Waals surface area contributed by atoms with Gasteiger partial charge in [-0.25, -0.2) is 4.68 Å². The maximum Gasteiger partial charge on any atom is 0.418 e. The van der Waals surface area contributed by atoms with Gasteiger partial charge in [-0.2, -0.15) is 18.3 Å². The van der Waals surface area contributed by atoms with Gasteiger partial charge in [0.15, 0.2) is 0 Å². The van der Waals surface area contributed by atoms with Gasteiger partial charge in [-0.3, -0.25) is 9.59 Å². The van der Waals surface area contributed by atoms with E-state index in [0.29, 0.717) is 5.69 Å². The summed E-state index contributed by atoms with van der Waals surface area (Å²) in [6.07, 6.45) is -1.76. The first-order chi connectivity index (χ1) is 15.6. The SMILES string of the molecule is CC(C)c1cccc(N2CC(C(=O)Nc3ccc(-n4cccn4)cc3C(F)(F)F)CC2=O)c1. The molecule has 0 saturated carbocycles. The summed E-state index contributed by atoms with van der Waals surface area (Å²) in [7, 11) is 0. The van der Waals surface area contributed by atoms with Crippen molar-refractivity contribution in [2.24, 2.45) is 5.92 Å². The second kappa shape index (κ2) is 8.73. The van der Waals surface area contributed by atoms with Crippen molar-refractivity contribution in [3.63, 3.8) is 0 Å². The zero-order chi connectivity index (χ0) is 23.8. The van der Waals surface area contributed by atoms with Crippen molar-refractivity contribution < 1.29 is 22.8 Å². The predicted octanol–water partition coefficient (Wildman–Crippen LogP) is 5.01. The van der Waals surface area contributed by atoms with Crippen LogP contribution in [0.2, 0.25) is 0 Å². The number of hydrogen-bond donors (Lipinski definition) is 1. The van der Waals surface area contributed by atoms with Gasteiger partial charge in [-0.15, -0.1) is 0 Å². The largest absolute Gasteiger partial charge is 0.418 e. The van der Waals surface area contributed by atoms with E-state index < -0.39 is 23.6 Å². The first-order valence-electron chi connectivity index (χ1n) is 10.6. The summed E-state index contributed by atoms with van der Waals surface area (Å²) in [6, 6.07) is 12.7. The number of carbonyl (C=O) groups excluding carboxylic acids is 2. The molecule has 2 aromatic carbocycles. The molecule has 9 heteroatoms. The Morgan fingerprint density at radius 2 is 1.91 bits per heavy atom. The maximum atomic E-state index is 13.7. The fourth-order valence-electron chi connectivity index (χ4n) is 3.86. The lowest BCUT2D eigenvalue weighted by Gasteiger charge is -2.19. The van der Waals surface area contributed by atoms with E-state index in [0.717, 1.165) is 11.6 Å². The summed E-state index contributed by atoms with van der Waals surface area (Å²) >= 11 is 0. The predicted molar refractivity (Wildman–Crippen MR) is 118 cm³/mol. The number of nitrogens with zero attached hydrogens (tertiary/aromatic N) is 3. The minimum atomic E-state index is -4.68. The number of hydrogen-bond acceptors (Lipinski definition) is 3. The Labute approximate surface area is 189 Å². The van der Waals surface area contributed by atoms with E-state index in [2.05, 4.69) is 10.4 Å². The van der Waals surface area contributed by atoms with E-state index in [1.165, 1.54) is 34.1 Å². The molecule has 0 aliphatic carbocycles. The van der Waals surface area contributed by atoms with Crippen LogP contribution in [0.5, 0.6) is 0 Å². The van der Waals surface area contributed by atoms with Crippen LogP contribution in [0.25, 0.3) is 5.69 Å². The third-order valence-electron chi connectivity index (χ3n) is 5.68. The topological polar surface area (TPSA) is 67.2 Å². The molecule has 6 nitrogen and oxygen atoms in total. The Morgan fingerprint density at radius 1 is 1.12 bits per heavy atom. The molecule has 1 unspecified atom stereocenters. The minimum Gasteiger partial charge on any atom is -0.325 e. The van der Waals surface area contributed by atoms with Gasteiger partial charge in [0.25, 0.3) is 0 Å². The van der Waals surface area contributed by atoms with Crippen LogP contribution >= 0.6 is 0 Å². The summed E-state index contributed by atoms with van der Waals surface area (Å²) in [5.74, 6) is -1.34. The lowest BCUT2D eigenvalue weighted by molar-refractivity contribution is -0.137. The van der Waals surface area contributed by atoms with E-state index in [-0.39, 0.29) is 36.2 Å². The van der Waals surface area contributed by atoms with Crippen LogP contribution < -0.4 is 10.2 Å². The van der Waals surface area contributed by atoms with E-state index in [1.807, 2.05) is 32.0 Å². The number of anilines is 2. The molecule has 1 N–H and O–H groups in total. The normalized spacial score (nSPS) is 16.5. The van der Waals surface area contributed by atoms with Crippen LogP contribution in [0.15, 0.2) is 60.9 Å². The molecule has 3 aromatic rings. The molecule has 1 aromatic heterocycles. The molecule has 2 heterocycles. The van der Waals surface area contributed by atoms with Gasteiger partial charge in [0.1, 0.15) is 0 Å². The highest BCUT2D eigenvalue weighted by Gasteiger charge is 2.38. The molecule has 0 radical (unpaired) electrons. The summed E-state index contributed by atoms with van der Waals surface area (Å²) < 4.78 is 42.4. The highest BCUT2D eigenvalue weighted by molar-refractivity contribution is 6.03. The summed E-state index contributed by atoms with van der Waals surface area (Å²) in [5, 5.41) is 6.33. The summed E-state index contributed by atoms with van der Waals surface area (Å²) in [5.41, 5.74) is 0.629. The van der Waals surface area contributed by atoms with Crippen molar-refractivity contribution >= 4 is 23.2 Å². The molecule has 0 bridgehead atoms. The lowest BCUT2D eigenvalue weighted by atomic mass is 10.0. The highest BCUT2D eigenvalue weighted by atomic mass is 19.4. The molecule has 33 heavy (non-hydrogen) atoms. The van der Waals surface area contributed by atoms with Crippen molar-refractivity contribution in [2.45, 2.75) is 32.4 Å². The van der Waals surface area contributed by atoms with E-state index >= 15 is 0 Å². The monoisotopic (exact) mass is 456 g/mol. The first-order valence-corrected chi connectivity index (χ1v) is 10.6. The van der Waals surface area contributed by atoms with Gasteiger partial charge in [0.2, 0.25) is 11.8 Å². The summed E-state index contributed by atoms with van der Waals surface area (Å²) in [4.78, 5) is 26.9. The van der Waals surface area contributed by atoms with E-state index in [9.17, 15) is 22.8 Å². The van der Waals surface area contributed by atoms with Crippen molar-refractivity contribution in [1.29, 1.82) is 0 Å². The number of aromatic nitrogens is 2. The number of alkyl halides is 3. The van der Waals surface area contributed by atoms with Crippen molar-refractivity contribution in [3.8, 4) is 5.69 Å². The second-order valence-corrected chi connectivity index (χ2v) is 8.32. The molecule has 1 atom stereocenters. The number of nitrogens with one attached hydrogen (secondary N) is 1. The first kappa shape index (κ1) is 22.6. The maximum absolute atomic E-state index is 13.7. The molecule has 172 valence electrons. The minimum absolute atomic E-state index is 0.0650. The van der Waals surface area contributed by atoms with Gasteiger partial charge in [0.05, 0.1) is 22.9 Å². The van der Waals surface area contributed by atoms with Crippen LogP contribution in [-0.4, -0.2) is 28.1 Å². The van der Waals surface area contributed by atoms with Crippen LogP contribution in [0.4, 0.5) is 24.5 Å². The molecule has 1 saturated heterocycles. The van der Waals surface area contributed by atoms with Crippen LogP contribution in [0.1, 0.15) is 37.3 Å². The fourth-order valence-corrected chi connectivity index (χ4v) is 3.86. The smallest absolute Gasteiger partial charge is 0.325 e. The fraction of sp³-hybridized carbons (Fsp3) is 0.292. The second-order valence-electron chi connectivity index (χ2n) is 8.32. The van der Waals surface area contributed by atoms with Crippen LogP contribution in [0, 0.1) is 5.92 Å². The van der Waals surface area contributed by atoms with Crippen LogP contribution in [0.3, 0.4) is 0 Å². The summed E-state index contributed by atoms with van der Waals surface area (Å²) in [6.45, 7) is 4.19. The Kier molecular flexibility index (Phi) is 5.97. The zero-order valence-electron chi connectivity index (χ0n) is 18.1. The van der Waals surface area contributed by atoms with Crippen molar-refractivity contribution in [3.05, 3.63) is 72.1 Å². The molecule has 0 spiro atoms.